The second-order valence-corrected chi connectivity index (χ2v) is 7.65. The number of para-hydroxylation sites is 1. The summed E-state index contributed by atoms with van der Waals surface area (Å²) in [4.78, 5) is 12.8. The number of likely N-dealkylation sites (N-methyl/N-ethyl adjacent to an activating group) is 1. The molecule has 0 saturated heterocycles. The zero-order valence-corrected chi connectivity index (χ0v) is 16.4. The maximum absolute atomic E-state index is 4.82. The molecule has 0 radical (unpaired) electrons. The van der Waals surface area contributed by atoms with E-state index in [4.69, 9.17) is 9.97 Å². The van der Waals surface area contributed by atoms with Crippen LogP contribution in [0.3, 0.4) is 0 Å². The average Bonchev–Trinajstić information content (AvgIpc) is 3.33. The summed E-state index contributed by atoms with van der Waals surface area (Å²) in [6, 6.07) is 12.4. The van der Waals surface area contributed by atoms with E-state index >= 15 is 0 Å². The Morgan fingerprint density at radius 2 is 2.00 bits per heavy atom. The second kappa shape index (κ2) is 7.46. The highest BCUT2D eigenvalue weighted by Gasteiger charge is 2.17. The molecule has 1 unspecified atom stereocenters. The fourth-order valence-corrected chi connectivity index (χ4v) is 3.79. The van der Waals surface area contributed by atoms with Crippen LogP contribution in [0.2, 0.25) is 0 Å². The summed E-state index contributed by atoms with van der Waals surface area (Å²) < 4.78 is 1.83. The van der Waals surface area contributed by atoms with Crippen molar-refractivity contribution in [3.63, 3.8) is 0 Å². The van der Waals surface area contributed by atoms with E-state index in [9.17, 15) is 0 Å². The SMILES string of the molecule is CN(C)C(CNc1nc(-c2cccs2)nc2ccccc12)c1cnn(C)c1. The van der Waals surface area contributed by atoms with Gasteiger partial charge in [0.2, 0.25) is 0 Å². The maximum atomic E-state index is 4.82. The first-order chi connectivity index (χ1) is 13.1. The van der Waals surface area contributed by atoms with Crippen molar-refractivity contribution in [1.29, 1.82) is 0 Å². The molecular formula is C20H22N6S. The Kier molecular flexibility index (Phi) is 4.87. The van der Waals surface area contributed by atoms with E-state index in [1.165, 1.54) is 5.56 Å². The molecule has 1 aromatic carbocycles. The lowest BCUT2D eigenvalue weighted by atomic mass is 10.1. The number of aromatic nitrogens is 4. The molecule has 27 heavy (non-hydrogen) atoms. The first-order valence-electron chi connectivity index (χ1n) is 8.81. The number of hydrogen-bond donors (Lipinski definition) is 1. The predicted octanol–water partition coefficient (Wildman–Crippen LogP) is 3.81. The molecule has 6 nitrogen and oxygen atoms in total. The van der Waals surface area contributed by atoms with Gasteiger partial charge in [0, 0.05) is 30.7 Å². The topological polar surface area (TPSA) is 58.9 Å². The van der Waals surface area contributed by atoms with Gasteiger partial charge >= 0.3 is 0 Å². The van der Waals surface area contributed by atoms with Crippen LogP contribution in [0.4, 0.5) is 5.82 Å². The predicted molar refractivity (Wildman–Crippen MR) is 111 cm³/mol. The summed E-state index contributed by atoms with van der Waals surface area (Å²) in [7, 11) is 6.10. The van der Waals surface area contributed by atoms with E-state index in [-0.39, 0.29) is 6.04 Å². The highest BCUT2D eigenvalue weighted by atomic mass is 32.1. The lowest BCUT2D eigenvalue weighted by Gasteiger charge is -2.24. The van der Waals surface area contributed by atoms with Gasteiger partial charge in [-0.1, -0.05) is 18.2 Å². The number of benzene rings is 1. The molecule has 7 heteroatoms. The number of aryl methyl sites for hydroxylation is 1. The lowest BCUT2D eigenvalue weighted by molar-refractivity contribution is 0.311. The third-order valence-electron chi connectivity index (χ3n) is 4.54. The maximum Gasteiger partial charge on any atom is 0.172 e. The molecule has 0 spiro atoms. The first-order valence-corrected chi connectivity index (χ1v) is 9.69. The highest BCUT2D eigenvalue weighted by Crippen LogP contribution is 2.28. The van der Waals surface area contributed by atoms with E-state index in [2.05, 4.69) is 47.7 Å². The van der Waals surface area contributed by atoms with Gasteiger partial charge < -0.3 is 10.2 Å². The summed E-state index contributed by atoms with van der Waals surface area (Å²) >= 11 is 1.65. The Morgan fingerprint density at radius 3 is 2.70 bits per heavy atom. The van der Waals surface area contributed by atoms with Crippen LogP contribution in [0.25, 0.3) is 21.6 Å². The Morgan fingerprint density at radius 1 is 1.15 bits per heavy atom. The molecule has 0 aliphatic rings. The van der Waals surface area contributed by atoms with Crippen LogP contribution in [0.5, 0.6) is 0 Å². The summed E-state index contributed by atoms with van der Waals surface area (Å²) in [6.07, 6.45) is 3.98. The molecule has 0 amide bonds. The van der Waals surface area contributed by atoms with Gasteiger partial charge in [0.15, 0.2) is 5.82 Å². The Balaban J connectivity index is 1.68. The van der Waals surface area contributed by atoms with E-state index < -0.39 is 0 Å². The molecule has 3 heterocycles. The molecular weight excluding hydrogens is 356 g/mol. The minimum absolute atomic E-state index is 0.192. The normalized spacial score (nSPS) is 12.6. The average molecular weight is 379 g/mol. The fraction of sp³-hybridized carbons (Fsp3) is 0.250. The van der Waals surface area contributed by atoms with Crippen LogP contribution >= 0.6 is 11.3 Å². The van der Waals surface area contributed by atoms with Crippen LogP contribution in [-0.4, -0.2) is 45.3 Å². The summed E-state index contributed by atoms with van der Waals surface area (Å²) in [6.45, 7) is 0.726. The third-order valence-corrected chi connectivity index (χ3v) is 5.41. The van der Waals surface area contributed by atoms with Crippen LogP contribution in [0.1, 0.15) is 11.6 Å². The van der Waals surface area contributed by atoms with Crippen LogP contribution in [0.15, 0.2) is 54.2 Å². The number of thiophene rings is 1. The van der Waals surface area contributed by atoms with Crippen molar-refractivity contribution >= 4 is 28.1 Å². The molecule has 0 fully saturated rings. The van der Waals surface area contributed by atoms with Gasteiger partial charge in [0.05, 0.1) is 22.6 Å². The number of hydrogen-bond acceptors (Lipinski definition) is 6. The standard InChI is InChI=1S/C20H22N6S/c1-25(2)17(14-11-22-26(3)13-14)12-21-19-15-7-4-5-8-16(15)23-20(24-19)18-9-6-10-27-18/h4-11,13,17H,12H2,1-3H3,(H,21,23,24). The molecule has 138 valence electrons. The van der Waals surface area contributed by atoms with Crippen molar-refractivity contribution in [3.8, 4) is 10.7 Å². The number of nitrogens with one attached hydrogen (secondary N) is 1. The quantitative estimate of drug-likeness (QED) is 0.553. The van der Waals surface area contributed by atoms with Crippen molar-refractivity contribution < 1.29 is 0 Å². The minimum atomic E-state index is 0.192. The van der Waals surface area contributed by atoms with Gasteiger partial charge in [0.25, 0.3) is 0 Å². The largest absolute Gasteiger partial charge is 0.368 e. The smallest absolute Gasteiger partial charge is 0.172 e. The highest BCUT2D eigenvalue weighted by molar-refractivity contribution is 7.13. The molecule has 1 atom stereocenters. The van der Waals surface area contributed by atoms with Crippen LogP contribution in [-0.2, 0) is 7.05 Å². The van der Waals surface area contributed by atoms with E-state index in [1.807, 2.05) is 47.6 Å². The zero-order valence-electron chi connectivity index (χ0n) is 15.6. The molecule has 4 aromatic rings. The second-order valence-electron chi connectivity index (χ2n) is 6.70. The van der Waals surface area contributed by atoms with Crippen LogP contribution < -0.4 is 5.32 Å². The van der Waals surface area contributed by atoms with Gasteiger partial charge in [-0.05, 0) is 37.7 Å². The monoisotopic (exact) mass is 378 g/mol. The summed E-state index contributed by atoms with van der Waals surface area (Å²) in [5.74, 6) is 1.62. The zero-order chi connectivity index (χ0) is 18.8. The van der Waals surface area contributed by atoms with Crippen molar-refractivity contribution in [2.45, 2.75) is 6.04 Å². The minimum Gasteiger partial charge on any atom is -0.368 e. The van der Waals surface area contributed by atoms with Crippen molar-refractivity contribution in [2.24, 2.45) is 7.05 Å². The Bertz CT molecular complexity index is 1040. The van der Waals surface area contributed by atoms with Gasteiger partial charge in [-0.3, -0.25) is 4.68 Å². The lowest BCUT2D eigenvalue weighted by Crippen LogP contribution is -2.27. The van der Waals surface area contributed by atoms with Gasteiger partial charge in [-0.15, -0.1) is 11.3 Å². The number of rotatable bonds is 6. The molecule has 0 aliphatic heterocycles. The van der Waals surface area contributed by atoms with Gasteiger partial charge in [-0.25, -0.2) is 9.97 Å². The Labute approximate surface area is 162 Å². The molecule has 3 aromatic heterocycles. The van der Waals surface area contributed by atoms with Crippen LogP contribution in [0, 0.1) is 0 Å². The van der Waals surface area contributed by atoms with Crippen molar-refractivity contribution in [2.75, 3.05) is 26.0 Å². The molecule has 1 N–H and O–H groups in total. The van der Waals surface area contributed by atoms with Crippen molar-refractivity contribution in [1.82, 2.24) is 24.6 Å². The summed E-state index contributed by atoms with van der Waals surface area (Å²) in [5, 5.41) is 10.9. The molecule has 0 aliphatic carbocycles. The van der Waals surface area contributed by atoms with E-state index in [0.29, 0.717) is 0 Å². The van der Waals surface area contributed by atoms with Crippen molar-refractivity contribution in [3.05, 3.63) is 59.7 Å². The Hall–Kier alpha value is -2.77. The summed E-state index contributed by atoms with van der Waals surface area (Å²) in [5.41, 5.74) is 2.12. The van der Waals surface area contributed by atoms with E-state index in [1.54, 1.807) is 11.3 Å². The van der Waals surface area contributed by atoms with E-state index in [0.717, 1.165) is 34.0 Å². The van der Waals surface area contributed by atoms with Gasteiger partial charge in [-0.2, -0.15) is 5.10 Å². The molecule has 0 saturated carbocycles. The third kappa shape index (κ3) is 3.70. The molecule has 0 bridgehead atoms. The number of nitrogens with zero attached hydrogens (tertiary/aromatic N) is 5. The number of fused-ring (bicyclic) bond motifs is 1. The number of anilines is 1. The van der Waals surface area contributed by atoms with Gasteiger partial charge in [0.1, 0.15) is 5.82 Å². The fourth-order valence-electron chi connectivity index (χ4n) is 3.13. The molecule has 4 rings (SSSR count). The first kappa shape index (κ1) is 17.6.